The average molecular weight is 688 g/mol. The maximum Gasteiger partial charge on any atom is 0.00455 e. The summed E-state index contributed by atoms with van der Waals surface area (Å²) >= 11 is 0. The predicted octanol–water partition coefficient (Wildman–Crippen LogP) is 11.4. The lowest BCUT2D eigenvalue weighted by Gasteiger charge is -2.62. The van der Waals surface area contributed by atoms with Crippen LogP contribution in [0.15, 0.2) is 0 Å². The summed E-state index contributed by atoms with van der Waals surface area (Å²) in [5.41, 5.74) is 12.2. The van der Waals surface area contributed by atoms with Crippen molar-refractivity contribution in [3.8, 4) is 0 Å². The molecular formula is C45H71NP2. The number of hydrogen-bond acceptors (Lipinski definition) is 1. The van der Waals surface area contributed by atoms with Gasteiger partial charge in [-0.25, -0.2) is 0 Å². The van der Waals surface area contributed by atoms with E-state index < -0.39 is 0 Å². The summed E-state index contributed by atoms with van der Waals surface area (Å²) in [6.45, 7) is 0. The summed E-state index contributed by atoms with van der Waals surface area (Å²) in [5, 5.41) is 0. The van der Waals surface area contributed by atoms with Crippen LogP contribution in [0.2, 0.25) is 0 Å². The summed E-state index contributed by atoms with van der Waals surface area (Å²) < 4.78 is 0. The molecule has 266 valence electrons. The van der Waals surface area contributed by atoms with Gasteiger partial charge in [0.1, 0.15) is 0 Å². The fourth-order valence-electron chi connectivity index (χ4n) is 19.5. The molecule has 0 spiro atoms. The summed E-state index contributed by atoms with van der Waals surface area (Å²) in [6.07, 6.45) is 38.9. The van der Waals surface area contributed by atoms with Crippen molar-refractivity contribution in [3.05, 3.63) is 0 Å². The first-order chi connectivity index (χ1) is 23.5. The highest BCUT2D eigenvalue weighted by molar-refractivity contribution is 7.59. The van der Waals surface area contributed by atoms with Gasteiger partial charge < -0.3 is 5.73 Å². The van der Waals surface area contributed by atoms with Gasteiger partial charge in [-0.2, -0.15) is 0 Å². The lowest BCUT2D eigenvalue weighted by atomic mass is 9.55. The fourth-order valence-corrected chi connectivity index (χ4v) is 29.0. The third-order valence-corrected chi connectivity index (χ3v) is 27.7. The highest BCUT2D eigenvalue weighted by Gasteiger charge is 2.58. The molecule has 0 aromatic carbocycles. The van der Waals surface area contributed by atoms with E-state index >= 15 is 0 Å². The third-order valence-electron chi connectivity index (χ3n) is 19.8. The number of nitrogens with two attached hydrogens (primary N) is 1. The Morgan fingerprint density at radius 3 is 0.688 bits per heavy atom. The van der Waals surface area contributed by atoms with E-state index in [9.17, 15) is 0 Å². The summed E-state index contributed by atoms with van der Waals surface area (Å²) in [6, 6.07) is 0.516. The molecular weight excluding hydrogens is 616 g/mol. The molecule has 16 fully saturated rings. The van der Waals surface area contributed by atoms with Crippen LogP contribution in [-0.4, -0.2) is 41.0 Å². The maximum absolute atomic E-state index is 7.49. The van der Waals surface area contributed by atoms with Crippen molar-refractivity contribution in [3.63, 3.8) is 0 Å². The highest BCUT2D eigenvalue weighted by atomic mass is 31.1. The number of rotatable bonds is 10. The fraction of sp³-hybridized carbons (Fsp3) is 1.00. The Labute approximate surface area is 297 Å². The van der Waals surface area contributed by atoms with Crippen LogP contribution in [0.4, 0.5) is 0 Å². The standard InChI is InChI=1S/C45H71NP2/c46-41(1-3-47(42-33-9-25-5-26(11-33)12-34(42)10-25)43-35-13-27-6-28(15-35)16-36(43)14-27)2-4-48(44-37-17-29-7-30(19-37)20-38(44)18-29)45-39-21-31-8-32(23-39)24-40(45)22-31/h25-45H,1-24,46H2. The van der Waals surface area contributed by atoms with E-state index in [4.69, 9.17) is 5.73 Å². The van der Waals surface area contributed by atoms with Gasteiger partial charge in [-0.05, 0) is 271 Å². The van der Waals surface area contributed by atoms with Crippen molar-refractivity contribution < 1.29 is 0 Å². The van der Waals surface area contributed by atoms with E-state index in [0.717, 1.165) is 94.7 Å². The van der Waals surface area contributed by atoms with Gasteiger partial charge in [-0.1, -0.05) is 15.8 Å². The molecule has 16 bridgehead atoms. The first-order valence-corrected chi connectivity index (χ1v) is 26.1. The Morgan fingerprint density at radius 2 is 0.500 bits per heavy atom. The van der Waals surface area contributed by atoms with Crippen molar-refractivity contribution in [1.82, 2.24) is 0 Å². The van der Waals surface area contributed by atoms with Gasteiger partial charge in [0, 0.05) is 6.04 Å². The zero-order valence-corrected chi connectivity index (χ0v) is 32.4. The molecule has 3 heteroatoms. The Balaban J connectivity index is 0.786. The largest absolute Gasteiger partial charge is 0.328 e. The van der Waals surface area contributed by atoms with Crippen LogP contribution in [-0.2, 0) is 0 Å². The highest BCUT2D eigenvalue weighted by Crippen LogP contribution is 2.73. The molecule has 0 aliphatic heterocycles. The Kier molecular flexibility index (Phi) is 7.74. The molecule has 16 aliphatic rings. The zero-order valence-electron chi connectivity index (χ0n) is 30.6. The van der Waals surface area contributed by atoms with Gasteiger partial charge in [0.25, 0.3) is 0 Å². The molecule has 0 saturated heterocycles. The second kappa shape index (κ2) is 11.9. The van der Waals surface area contributed by atoms with Crippen molar-refractivity contribution >= 4 is 15.8 Å². The molecule has 2 N–H and O–H groups in total. The SMILES string of the molecule is NC(CCP(C1C2CC3CC(C2)CC1C3)C1C2CC3CC(C2)CC1C3)CCP(C1C2CC3CC(C2)CC1C3)C1C2CC3CC(C2)CC1C3. The van der Waals surface area contributed by atoms with E-state index in [1.54, 1.807) is 141 Å². The van der Waals surface area contributed by atoms with Gasteiger partial charge in [0.15, 0.2) is 0 Å². The van der Waals surface area contributed by atoms with Crippen molar-refractivity contribution in [2.75, 3.05) is 12.3 Å². The van der Waals surface area contributed by atoms with Crippen LogP contribution >= 0.6 is 15.8 Å². The molecule has 0 radical (unpaired) electrons. The minimum absolute atomic E-state index is 0.166. The third kappa shape index (κ3) is 5.10. The first-order valence-electron chi connectivity index (χ1n) is 22.8. The molecule has 0 aromatic heterocycles. The molecule has 0 atom stereocenters. The first kappa shape index (κ1) is 31.2. The topological polar surface area (TPSA) is 26.0 Å². The van der Waals surface area contributed by atoms with Crippen LogP contribution in [0.1, 0.15) is 141 Å². The van der Waals surface area contributed by atoms with Gasteiger partial charge in [0.05, 0.1) is 0 Å². The second-order valence-corrected chi connectivity index (χ2v) is 27.8. The molecule has 16 rings (SSSR count). The molecule has 0 heterocycles. The monoisotopic (exact) mass is 688 g/mol. The Morgan fingerprint density at radius 1 is 0.312 bits per heavy atom. The molecule has 48 heavy (non-hydrogen) atoms. The maximum atomic E-state index is 7.49. The minimum atomic E-state index is 0.166. The van der Waals surface area contributed by atoms with Crippen LogP contribution in [0.5, 0.6) is 0 Å². The summed E-state index contributed by atoms with van der Waals surface area (Å²) in [7, 11) is 0.331. The molecule has 16 aliphatic carbocycles. The van der Waals surface area contributed by atoms with E-state index in [1.807, 2.05) is 0 Å². The molecule has 0 amide bonds. The lowest BCUT2D eigenvalue weighted by Crippen LogP contribution is -2.53. The zero-order chi connectivity index (χ0) is 31.2. The van der Waals surface area contributed by atoms with E-state index in [0.29, 0.717) is 6.04 Å². The molecule has 16 saturated carbocycles. The smallest absolute Gasteiger partial charge is 0.00455 e. The normalized spacial score (nSPS) is 59.4. The van der Waals surface area contributed by atoms with Crippen LogP contribution in [0.3, 0.4) is 0 Å². The summed E-state index contributed by atoms with van der Waals surface area (Å²) in [5.74, 6) is 18.2. The quantitative estimate of drug-likeness (QED) is 0.227. The molecule has 1 nitrogen and oxygen atoms in total. The summed E-state index contributed by atoms with van der Waals surface area (Å²) in [4.78, 5) is 0. The van der Waals surface area contributed by atoms with E-state index in [-0.39, 0.29) is 15.8 Å². The van der Waals surface area contributed by atoms with Crippen LogP contribution < -0.4 is 5.73 Å². The van der Waals surface area contributed by atoms with Gasteiger partial charge in [0.2, 0.25) is 0 Å². The lowest BCUT2D eigenvalue weighted by molar-refractivity contribution is 0.0129. The molecule has 0 aromatic rings. The Bertz CT molecular complexity index is 939. The van der Waals surface area contributed by atoms with E-state index in [2.05, 4.69) is 0 Å². The van der Waals surface area contributed by atoms with Crippen molar-refractivity contribution in [2.24, 2.45) is 100 Å². The van der Waals surface area contributed by atoms with Gasteiger partial charge in [-0.15, -0.1) is 0 Å². The van der Waals surface area contributed by atoms with E-state index in [1.165, 1.54) is 35.5 Å². The van der Waals surface area contributed by atoms with Crippen molar-refractivity contribution in [1.29, 1.82) is 0 Å². The second-order valence-electron chi connectivity index (χ2n) is 22.5. The van der Waals surface area contributed by atoms with Crippen molar-refractivity contribution in [2.45, 2.75) is 170 Å². The number of hydrogen-bond donors (Lipinski definition) is 1. The van der Waals surface area contributed by atoms with Crippen LogP contribution in [0, 0.1) is 94.7 Å². The van der Waals surface area contributed by atoms with Gasteiger partial charge >= 0.3 is 0 Å². The minimum Gasteiger partial charge on any atom is -0.328 e. The Hall–Kier alpha value is 0.820. The average Bonchev–Trinajstić information content (AvgIpc) is 3.03. The molecule has 0 unspecified atom stereocenters. The predicted molar refractivity (Wildman–Crippen MR) is 204 cm³/mol. The van der Waals surface area contributed by atoms with Crippen LogP contribution in [0.25, 0.3) is 0 Å². The van der Waals surface area contributed by atoms with Gasteiger partial charge in [-0.3, -0.25) is 0 Å².